The number of rotatable bonds is 3. The molecule has 2 aromatic rings. The Balaban J connectivity index is 1.95. The average molecular weight is 350 g/mol. The van der Waals surface area contributed by atoms with Crippen LogP contribution in [0.1, 0.15) is 16.1 Å². The van der Waals surface area contributed by atoms with Gasteiger partial charge in [0, 0.05) is 11.6 Å². The van der Waals surface area contributed by atoms with E-state index in [4.69, 9.17) is 21.1 Å². The smallest absolute Gasteiger partial charge is 0.335 e. The van der Waals surface area contributed by atoms with E-state index in [0.29, 0.717) is 22.1 Å². The highest BCUT2D eigenvalue weighted by atomic mass is 35.5. The molecule has 2 amide bonds. The van der Waals surface area contributed by atoms with Crippen molar-refractivity contribution in [1.29, 1.82) is 0 Å². The van der Waals surface area contributed by atoms with Gasteiger partial charge in [-0.25, -0.2) is 4.79 Å². The summed E-state index contributed by atoms with van der Waals surface area (Å²) in [5, 5.41) is 11.1. The van der Waals surface area contributed by atoms with Crippen LogP contribution in [0.15, 0.2) is 39.7 Å². The van der Waals surface area contributed by atoms with Gasteiger partial charge in [-0.3, -0.25) is 14.9 Å². The third-order valence-corrected chi connectivity index (χ3v) is 4.16. The molecule has 0 saturated carbocycles. The number of carboxylic acids is 1. The highest BCUT2D eigenvalue weighted by Gasteiger charge is 2.25. The highest BCUT2D eigenvalue weighted by molar-refractivity contribution is 8.18. The second-order valence-electron chi connectivity index (χ2n) is 4.55. The molecule has 3 rings (SSSR count). The van der Waals surface area contributed by atoms with E-state index in [2.05, 4.69) is 5.32 Å². The molecule has 1 aliphatic heterocycles. The van der Waals surface area contributed by atoms with Gasteiger partial charge in [0.2, 0.25) is 0 Å². The minimum atomic E-state index is -1.07. The number of carboxylic acid groups (broad SMARTS) is 1. The van der Waals surface area contributed by atoms with Crippen LogP contribution in [0, 0.1) is 0 Å². The summed E-state index contributed by atoms with van der Waals surface area (Å²) in [5.74, 6) is -0.845. The maximum atomic E-state index is 11.5. The van der Waals surface area contributed by atoms with E-state index in [1.54, 1.807) is 12.1 Å². The zero-order valence-electron chi connectivity index (χ0n) is 11.3. The van der Waals surface area contributed by atoms with Gasteiger partial charge in [0.25, 0.3) is 11.1 Å². The van der Waals surface area contributed by atoms with Gasteiger partial charge in [-0.2, -0.15) is 0 Å². The minimum Gasteiger partial charge on any atom is -0.478 e. The molecule has 1 fully saturated rings. The maximum Gasteiger partial charge on any atom is 0.335 e. The van der Waals surface area contributed by atoms with E-state index in [9.17, 15) is 14.4 Å². The zero-order chi connectivity index (χ0) is 16.6. The summed E-state index contributed by atoms with van der Waals surface area (Å²) < 4.78 is 5.57. The third-order valence-electron chi connectivity index (χ3n) is 3.02. The third kappa shape index (κ3) is 3.15. The number of hydrogen-bond donors (Lipinski definition) is 2. The molecule has 1 aromatic heterocycles. The molecule has 2 heterocycles. The number of hydrogen-bond acceptors (Lipinski definition) is 5. The predicted molar refractivity (Wildman–Crippen MR) is 85.2 cm³/mol. The zero-order valence-corrected chi connectivity index (χ0v) is 12.9. The number of furan rings is 1. The van der Waals surface area contributed by atoms with Crippen molar-refractivity contribution in [2.45, 2.75) is 0 Å². The van der Waals surface area contributed by atoms with Crippen molar-refractivity contribution in [2.75, 3.05) is 0 Å². The van der Waals surface area contributed by atoms with Gasteiger partial charge < -0.3 is 9.52 Å². The van der Waals surface area contributed by atoms with Crippen LogP contribution in [-0.4, -0.2) is 22.2 Å². The van der Waals surface area contributed by atoms with Crippen LogP contribution >= 0.6 is 23.4 Å². The van der Waals surface area contributed by atoms with Crippen molar-refractivity contribution in [3.63, 3.8) is 0 Å². The van der Waals surface area contributed by atoms with Crippen molar-refractivity contribution < 1.29 is 23.9 Å². The van der Waals surface area contributed by atoms with Crippen LogP contribution in [0.25, 0.3) is 17.4 Å². The van der Waals surface area contributed by atoms with E-state index in [0.717, 1.165) is 11.8 Å². The second-order valence-corrected chi connectivity index (χ2v) is 5.98. The molecule has 0 spiro atoms. The lowest BCUT2D eigenvalue weighted by molar-refractivity contribution is -0.115. The number of carbonyl (C=O) groups excluding carboxylic acids is 2. The van der Waals surface area contributed by atoms with Crippen molar-refractivity contribution >= 4 is 46.6 Å². The van der Waals surface area contributed by atoms with Crippen LogP contribution in [0.3, 0.4) is 0 Å². The summed E-state index contributed by atoms with van der Waals surface area (Å²) >= 11 is 6.86. The Morgan fingerprint density at radius 1 is 1.26 bits per heavy atom. The molecule has 0 bridgehead atoms. The number of aromatic carboxylic acids is 1. The predicted octanol–water partition coefficient (Wildman–Crippen LogP) is 3.62. The van der Waals surface area contributed by atoms with Crippen LogP contribution < -0.4 is 5.32 Å². The molecule has 8 heteroatoms. The first-order chi connectivity index (χ1) is 10.9. The van der Waals surface area contributed by atoms with Crippen molar-refractivity contribution in [1.82, 2.24) is 5.32 Å². The van der Waals surface area contributed by atoms with Gasteiger partial charge in [-0.15, -0.1) is 0 Å². The minimum absolute atomic E-state index is 0.0806. The first-order valence-electron chi connectivity index (χ1n) is 6.32. The Hall–Kier alpha value is -2.51. The lowest BCUT2D eigenvalue weighted by atomic mass is 10.1. The van der Waals surface area contributed by atoms with Crippen molar-refractivity contribution in [3.05, 3.63) is 51.6 Å². The number of thioether (sulfide) groups is 1. The fourth-order valence-corrected chi connectivity index (χ4v) is 2.85. The number of nitrogens with one attached hydrogen (secondary N) is 1. The molecule has 0 atom stereocenters. The molecule has 0 radical (unpaired) electrons. The summed E-state index contributed by atoms with van der Waals surface area (Å²) in [6.07, 6.45) is 1.43. The van der Waals surface area contributed by atoms with Crippen molar-refractivity contribution in [3.8, 4) is 11.3 Å². The lowest BCUT2D eigenvalue weighted by Crippen LogP contribution is -2.17. The number of benzene rings is 1. The van der Waals surface area contributed by atoms with Crippen LogP contribution in [0.2, 0.25) is 5.02 Å². The monoisotopic (exact) mass is 349 g/mol. The molecule has 116 valence electrons. The summed E-state index contributed by atoms with van der Waals surface area (Å²) in [5.41, 5.74) is 0.507. The van der Waals surface area contributed by atoms with Crippen LogP contribution in [0.5, 0.6) is 0 Å². The molecule has 6 nitrogen and oxygen atoms in total. The molecule has 2 N–H and O–H groups in total. The lowest BCUT2D eigenvalue weighted by Gasteiger charge is -2.02. The molecule has 0 aliphatic carbocycles. The Labute approximate surface area is 139 Å². The second kappa shape index (κ2) is 5.94. The highest BCUT2D eigenvalue weighted by Crippen LogP contribution is 2.32. The Bertz CT molecular complexity index is 871. The topological polar surface area (TPSA) is 96.6 Å². The van der Waals surface area contributed by atoms with Gasteiger partial charge in [-0.05, 0) is 42.1 Å². The summed E-state index contributed by atoms with van der Waals surface area (Å²) in [4.78, 5) is 33.9. The first-order valence-corrected chi connectivity index (χ1v) is 7.51. The molecule has 1 aromatic carbocycles. The molecular weight excluding hydrogens is 342 g/mol. The summed E-state index contributed by atoms with van der Waals surface area (Å²) in [6.45, 7) is 0. The fourth-order valence-electron chi connectivity index (χ4n) is 1.97. The molecule has 23 heavy (non-hydrogen) atoms. The van der Waals surface area contributed by atoms with Gasteiger partial charge >= 0.3 is 5.97 Å². The number of halogens is 1. The SMILES string of the molecule is O=C1NC(=O)/C(=C/c2ccc(-c3cc(C(=O)O)ccc3Cl)o2)S1. The first kappa shape index (κ1) is 15.4. The van der Waals surface area contributed by atoms with Crippen LogP contribution in [0.4, 0.5) is 4.79 Å². The Morgan fingerprint density at radius 2 is 2.04 bits per heavy atom. The normalized spacial score (nSPS) is 16.0. The largest absolute Gasteiger partial charge is 0.478 e. The van der Waals surface area contributed by atoms with Crippen molar-refractivity contribution in [2.24, 2.45) is 0 Å². The van der Waals surface area contributed by atoms with E-state index in [1.807, 2.05) is 0 Å². The Kier molecular flexibility index (Phi) is 3.97. The number of imide groups is 1. The van der Waals surface area contributed by atoms with Gasteiger partial charge in [0.05, 0.1) is 15.5 Å². The standard InChI is InChI=1S/C15H8ClNO5S/c16-10-3-1-7(14(19)20)5-9(10)11-4-2-8(22-11)6-12-13(18)17-15(21)23-12/h1-6H,(H,19,20)(H,17,18,21)/b12-6-. The van der Waals surface area contributed by atoms with E-state index in [-0.39, 0.29) is 10.5 Å². The van der Waals surface area contributed by atoms with Gasteiger partial charge in [-0.1, -0.05) is 11.6 Å². The fraction of sp³-hybridized carbons (Fsp3) is 0. The maximum absolute atomic E-state index is 11.5. The van der Waals surface area contributed by atoms with Gasteiger partial charge in [0.1, 0.15) is 11.5 Å². The molecular formula is C15H8ClNO5S. The summed E-state index contributed by atoms with van der Waals surface area (Å²) in [7, 11) is 0. The molecule has 1 aliphatic rings. The van der Waals surface area contributed by atoms with E-state index >= 15 is 0 Å². The molecule has 1 saturated heterocycles. The molecule has 0 unspecified atom stereocenters. The van der Waals surface area contributed by atoms with Crippen LogP contribution in [-0.2, 0) is 4.79 Å². The summed E-state index contributed by atoms with van der Waals surface area (Å²) in [6, 6.07) is 7.48. The van der Waals surface area contributed by atoms with Gasteiger partial charge in [0.15, 0.2) is 0 Å². The van der Waals surface area contributed by atoms with E-state index < -0.39 is 17.1 Å². The number of amides is 2. The quantitative estimate of drug-likeness (QED) is 0.821. The van der Waals surface area contributed by atoms with E-state index in [1.165, 1.54) is 24.3 Å². The Morgan fingerprint density at radius 3 is 2.70 bits per heavy atom. The number of carbonyl (C=O) groups is 3. The average Bonchev–Trinajstić information content (AvgIpc) is 3.06.